The minimum absolute atomic E-state index is 1.08. The van der Waals surface area contributed by atoms with Crippen LogP contribution in [0.3, 0.4) is 0 Å². The van der Waals surface area contributed by atoms with Gasteiger partial charge in [0.1, 0.15) is 0 Å². The zero-order valence-electron chi connectivity index (χ0n) is 8.85. The Morgan fingerprint density at radius 1 is 1.33 bits per heavy atom. The van der Waals surface area contributed by atoms with Crippen LogP contribution in [0.1, 0.15) is 20.3 Å². The first-order valence-electron chi connectivity index (χ1n) is 4.47. The summed E-state index contributed by atoms with van der Waals surface area (Å²) in [6.45, 7) is 10.7. The second-order valence-corrected chi connectivity index (χ2v) is 8.36. The molecule has 0 atom stereocenters. The first-order chi connectivity index (χ1) is 5.45. The number of hydrogen-bond acceptors (Lipinski definition) is 1. The van der Waals surface area contributed by atoms with Crippen LogP contribution in [0.15, 0.2) is 24.0 Å². The molecule has 0 radical (unpaired) electrons. The van der Waals surface area contributed by atoms with Gasteiger partial charge in [-0.25, -0.2) is 0 Å². The van der Waals surface area contributed by atoms with Crippen molar-refractivity contribution < 1.29 is 4.43 Å². The molecule has 0 saturated carbocycles. The summed E-state index contributed by atoms with van der Waals surface area (Å²) in [6.07, 6.45) is 7.19. The van der Waals surface area contributed by atoms with Gasteiger partial charge in [0.05, 0.1) is 6.26 Å². The van der Waals surface area contributed by atoms with Crippen molar-refractivity contribution in [2.24, 2.45) is 0 Å². The Balaban J connectivity index is 3.93. The monoisotopic (exact) mass is 184 g/mol. The summed E-state index contributed by atoms with van der Waals surface area (Å²) in [5.41, 5.74) is 1.19. The highest BCUT2D eigenvalue weighted by Crippen LogP contribution is 2.06. The molecule has 0 aromatic heterocycles. The molecule has 12 heavy (non-hydrogen) atoms. The highest BCUT2D eigenvalue weighted by Gasteiger charge is 2.12. The summed E-state index contributed by atoms with van der Waals surface area (Å²) in [5.74, 6) is 0. The molecule has 0 aromatic rings. The van der Waals surface area contributed by atoms with Crippen molar-refractivity contribution in [2.75, 3.05) is 0 Å². The zero-order chi connectivity index (χ0) is 9.61. The molecule has 0 bridgehead atoms. The van der Waals surface area contributed by atoms with Crippen molar-refractivity contribution in [3.63, 3.8) is 0 Å². The van der Waals surface area contributed by atoms with Crippen LogP contribution in [-0.2, 0) is 4.43 Å². The molecule has 0 aliphatic heterocycles. The van der Waals surface area contributed by atoms with E-state index in [-0.39, 0.29) is 0 Å². The lowest BCUT2D eigenvalue weighted by atomic mass is 10.3. The Kier molecular flexibility index (Phi) is 4.98. The summed E-state index contributed by atoms with van der Waals surface area (Å²) in [6, 6.07) is 0. The van der Waals surface area contributed by atoms with Crippen molar-refractivity contribution in [1.82, 2.24) is 0 Å². The van der Waals surface area contributed by atoms with Crippen LogP contribution in [0.4, 0.5) is 0 Å². The first kappa shape index (κ1) is 11.5. The largest absolute Gasteiger partial charge is 0.549 e. The Hall–Kier alpha value is -0.503. The molecule has 0 aliphatic carbocycles. The second-order valence-electron chi connectivity index (χ2n) is 3.90. The van der Waals surface area contributed by atoms with Crippen molar-refractivity contribution in [3.05, 3.63) is 24.0 Å². The molecule has 0 aliphatic rings. The quantitative estimate of drug-likeness (QED) is 0.368. The van der Waals surface area contributed by atoms with Gasteiger partial charge in [0.25, 0.3) is 0 Å². The Morgan fingerprint density at radius 2 is 1.92 bits per heavy atom. The number of hydrogen-bond donors (Lipinski definition) is 0. The second kappa shape index (κ2) is 5.20. The molecule has 0 saturated heterocycles. The fourth-order valence-corrected chi connectivity index (χ4v) is 1.15. The molecule has 0 unspecified atom stereocenters. The molecule has 0 amide bonds. The van der Waals surface area contributed by atoms with Gasteiger partial charge in [0.15, 0.2) is 0 Å². The molecule has 0 fully saturated rings. The minimum atomic E-state index is -1.37. The lowest BCUT2D eigenvalue weighted by Gasteiger charge is -2.15. The van der Waals surface area contributed by atoms with E-state index in [2.05, 4.69) is 45.6 Å². The van der Waals surface area contributed by atoms with E-state index in [1.165, 1.54) is 5.57 Å². The van der Waals surface area contributed by atoms with E-state index in [1.54, 1.807) is 0 Å². The zero-order valence-corrected chi connectivity index (χ0v) is 9.85. The van der Waals surface area contributed by atoms with Gasteiger partial charge in [-0.15, -0.1) is 0 Å². The van der Waals surface area contributed by atoms with Gasteiger partial charge in [0, 0.05) is 0 Å². The van der Waals surface area contributed by atoms with Crippen molar-refractivity contribution in [1.29, 1.82) is 0 Å². The maximum Gasteiger partial charge on any atom is 0.241 e. The number of allylic oxidation sites excluding steroid dienone is 3. The fraction of sp³-hybridized carbons (Fsp3) is 0.600. The van der Waals surface area contributed by atoms with Crippen LogP contribution in [-0.4, -0.2) is 8.32 Å². The highest BCUT2D eigenvalue weighted by molar-refractivity contribution is 6.69. The highest BCUT2D eigenvalue weighted by atomic mass is 28.4. The van der Waals surface area contributed by atoms with Gasteiger partial charge in [0.2, 0.25) is 8.32 Å². The van der Waals surface area contributed by atoms with E-state index in [4.69, 9.17) is 4.43 Å². The molecule has 0 rings (SSSR count). The van der Waals surface area contributed by atoms with Crippen LogP contribution in [0.2, 0.25) is 19.6 Å². The summed E-state index contributed by atoms with van der Waals surface area (Å²) in [7, 11) is -1.37. The van der Waals surface area contributed by atoms with Gasteiger partial charge in [-0.3, -0.25) is 0 Å². The predicted molar refractivity (Wildman–Crippen MR) is 57.6 cm³/mol. The van der Waals surface area contributed by atoms with E-state index in [0.29, 0.717) is 0 Å². The first-order valence-corrected chi connectivity index (χ1v) is 7.87. The van der Waals surface area contributed by atoms with Crippen molar-refractivity contribution in [2.45, 2.75) is 39.9 Å². The van der Waals surface area contributed by atoms with Crippen LogP contribution < -0.4 is 0 Å². The maximum atomic E-state index is 5.61. The van der Waals surface area contributed by atoms with E-state index >= 15 is 0 Å². The third kappa shape index (κ3) is 7.60. The average Bonchev–Trinajstić information content (AvgIpc) is 1.95. The van der Waals surface area contributed by atoms with Crippen LogP contribution >= 0.6 is 0 Å². The van der Waals surface area contributed by atoms with Gasteiger partial charge < -0.3 is 4.43 Å². The van der Waals surface area contributed by atoms with Gasteiger partial charge >= 0.3 is 0 Å². The summed E-state index contributed by atoms with van der Waals surface area (Å²) in [4.78, 5) is 0. The molecule has 1 nitrogen and oxygen atoms in total. The molecule has 2 heteroatoms. The van der Waals surface area contributed by atoms with Gasteiger partial charge in [-0.05, 0) is 38.6 Å². The topological polar surface area (TPSA) is 9.23 Å². The average molecular weight is 184 g/mol. The van der Waals surface area contributed by atoms with Gasteiger partial charge in [-0.2, -0.15) is 0 Å². The molecular formula is C10H20OSi. The van der Waals surface area contributed by atoms with E-state index in [0.717, 1.165) is 6.42 Å². The summed E-state index contributed by atoms with van der Waals surface area (Å²) in [5, 5.41) is 0. The molecule has 0 heterocycles. The minimum Gasteiger partial charge on any atom is -0.549 e. The molecule has 70 valence electrons. The van der Waals surface area contributed by atoms with Crippen molar-refractivity contribution >= 4 is 8.32 Å². The lowest BCUT2D eigenvalue weighted by molar-refractivity contribution is 0.475. The smallest absolute Gasteiger partial charge is 0.241 e. The summed E-state index contributed by atoms with van der Waals surface area (Å²) < 4.78 is 5.61. The molecule has 0 N–H and O–H groups in total. The fourth-order valence-electron chi connectivity index (χ4n) is 0.613. The Labute approximate surface area is 77.3 Å². The van der Waals surface area contributed by atoms with E-state index in [1.807, 2.05) is 6.26 Å². The van der Waals surface area contributed by atoms with Crippen LogP contribution in [0.25, 0.3) is 0 Å². The van der Waals surface area contributed by atoms with Gasteiger partial charge in [-0.1, -0.05) is 19.1 Å². The SMILES string of the molecule is CCC=CC(C)=CO[Si](C)(C)C. The van der Waals surface area contributed by atoms with Crippen LogP contribution in [0.5, 0.6) is 0 Å². The van der Waals surface area contributed by atoms with Crippen molar-refractivity contribution in [3.8, 4) is 0 Å². The predicted octanol–water partition coefficient (Wildman–Crippen LogP) is 3.71. The van der Waals surface area contributed by atoms with E-state index in [9.17, 15) is 0 Å². The van der Waals surface area contributed by atoms with Crippen LogP contribution in [0, 0.1) is 0 Å². The lowest BCUT2D eigenvalue weighted by Crippen LogP contribution is -2.22. The molecular weight excluding hydrogens is 164 g/mol. The Bertz CT molecular complexity index is 175. The Morgan fingerprint density at radius 3 is 2.33 bits per heavy atom. The third-order valence-electron chi connectivity index (χ3n) is 1.21. The number of rotatable bonds is 4. The maximum absolute atomic E-state index is 5.61. The molecule has 0 spiro atoms. The summed E-state index contributed by atoms with van der Waals surface area (Å²) >= 11 is 0. The third-order valence-corrected chi connectivity index (χ3v) is 2.04. The normalized spacial score (nSPS) is 13.9. The molecule has 0 aromatic carbocycles. The van der Waals surface area contributed by atoms with E-state index < -0.39 is 8.32 Å². The standard InChI is InChI=1S/C10H20OSi/c1-6-7-8-10(2)9-11-12(3,4)5/h7-9H,6H2,1-5H3.